The highest BCUT2D eigenvalue weighted by Crippen LogP contribution is 2.47. The number of nitrogens with zero attached hydrogens (tertiary/aromatic N) is 3. The lowest BCUT2D eigenvalue weighted by atomic mass is 10.1. The second-order valence-electron chi connectivity index (χ2n) is 10.1. The number of anilines is 3. The van der Waals surface area contributed by atoms with Crippen molar-refractivity contribution in [3.8, 4) is 11.5 Å². The van der Waals surface area contributed by atoms with Crippen LogP contribution in [0.3, 0.4) is 0 Å². The number of methoxy groups -OCH3 is 1. The Morgan fingerprint density at radius 1 is 1.17 bits per heavy atom. The van der Waals surface area contributed by atoms with E-state index in [0.29, 0.717) is 51.0 Å². The minimum atomic E-state index is -0.587. The van der Waals surface area contributed by atoms with Crippen LogP contribution in [0.4, 0.5) is 26.2 Å². The van der Waals surface area contributed by atoms with E-state index in [4.69, 9.17) is 9.47 Å². The Hall–Kier alpha value is -4.55. The number of hydrogen-bond donors (Lipinski definition) is 2. The highest BCUT2D eigenvalue weighted by molar-refractivity contribution is 7.21. The Morgan fingerprint density at radius 2 is 1.98 bits per heavy atom. The summed E-state index contributed by atoms with van der Waals surface area (Å²) in [5, 5.41) is 6.46. The SMILES string of the molecule is COCC(=O)N1CCC[C@@H](NC(=O)c2sc3nccc4c3c2NC(=O)N4c2ccc(Oc3ccccc3)c(F)c2C)C1. The maximum absolute atomic E-state index is 15.5. The van der Waals surface area contributed by atoms with E-state index in [9.17, 15) is 14.4 Å². The smallest absolute Gasteiger partial charge is 0.331 e. The number of nitrogens with one attached hydrogen (secondary N) is 2. The summed E-state index contributed by atoms with van der Waals surface area (Å²) in [7, 11) is 1.47. The maximum Gasteiger partial charge on any atom is 0.331 e. The third kappa shape index (κ3) is 5.03. The lowest BCUT2D eigenvalue weighted by Gasteiger charge is -2.33. The van der Waals surface area contributed by atoms with Crippen molar-refractivity contribution < 1.29 is 28.2 Å². The van der Waals surface area contributed by atoms with Gasteiger partial charge in [-0.25, -0.2) is 14.2 Å². The normalized spacial score (nSPS) is 16.4. The number of rotatable bonds is 7. The first-order valence-corrected chi connectivity index (χ1v) is 14.3. The van der Waals surface area contributed by atoms with Crippen molar-refractivity contribution >= 4 is 56.5 Å². The highest BCUT2D eigenvalue weighted by atomic mass is 32.1. The van der Waals surface area contributed by atoms with Crippen LogP contribution < -0.4 is 20.3 Å². The number of urea groups is 1. The monoisotopic (exact) mass is 589 g/mol. The van der Waals surface area contributed by atoms with E-state index < -0.39 is 11.8 Å². The fraction of sp³-hybridized carbons (Fsp3) is 0.267. The van der Waals surface area contributed by atoms with Crippen LogP contribution in [-0.2, 0) is 9.53 Å². The average molecular weight is 590 g/mol. The summed E-state index contributed by atoms with van der Waals surface area (Å²) in [6.07, 6.45) is 3.04. The van der Waals surface area contributed by atoms with Gasteiger partial charge in [0.1, 0.15) is 22.1 Å². The number of amides is 4. The van der Waals surface area contributed by atoms with Gasteiger partial charge >= 0.3 is 6.03 Å². The summed E-state index contributed by atoms with van der Waals surface area (Å²) in [6, 6.07) is 12.9. The van der Waals surface area contributed by atoms with Gasteiger partial charge in [0.05, 0.1) is 22.4 Å². The molecule has 1 fully saturated rings. The predicted molar refractivity (Wildman–Crippen MR) is 157 cm³/mol. The molecule has 2 N–H and O–H groups in total. The van der Waals surface area contributed by atoms with Crippen LogP contribution in [0.2, 0.25) is 0 Å². The number of pyridine rings is 1. The number of hydrogen-bond acceptors (Lipinski definition) is 7. The van der Waals surface area contributed by atoms with Crippen molar-refractivity contribution in [3.05, 3.63) is 71.0 Å². The third-order valence-electron chi connectivity index (χ3n) is 7.36. The zero-order valence-corrected chi connectivity index (χ0v) is 23.8. The highest BCUT2D eigenvalue weighted by Gasteiger charge is 2.35. The van der Waals surface area contributed by atoms with Crippen LogP contribution in [0.15, 0.2) is 54.7 Å². The summed E-state index contributed by atoms with van der Waals surface area (Å²) in [5.41, 5.74) is 1.42. The molecule has 2 aromatic carbocycles. The van der Waals surface area contributed by atoms with E-state index in [0.717, 1.165) is 12.8 Å². The molecular weight excluding hydrogens is 561 g/mol. The van der Waals surface area contributed by atoms with Crippen LogP contribution in [0.5, 0.6) is 11.5 Å². The summed E-state index contributed by atoms with van der Waals surface area (Å²) in [6.45, 7) is 2.57. The van der Waals surface area contributed by atoms with Gasteiger partial charge in [-0.15, -0.1) is 11.3 Å². The van der Waals surface area contributed by atoms with Gasteiger partial charge in [-0.3, -0.25) is 14.5 Å². The molecule has 4 heterocycles. The fourth-order valence-corrected chi connectivity index (χ4v) is 6.38. The molecule has 6 rings (SSSR count). The number of para-hydroxylation sites is 1. The number of halogens is 1. The van der Waals surface area contributed by atoms with Crippen molar-refractivity contribution in [2.75, 3.05) is 37.0 Å². The van der Waals surface area contributed by atoms with Gasteiger partial charge in [-0.2, -0.15) is 0 Å². The molecule has 0 unspecified atom stereocenters. The summed E-state index contributed by atoms with van der Waals surface area (Å²) >= 11 is 1.17. The molecular formula is C30H28FN5O5S. The van der Waals surface area contributed by atoms with Crippen LogP contribution in [0.25, 0.3) is 10.2 Å². The molecule has 4 amide bonds. The molecule has 2 aliphatic heterocycles. The Morgan fingerprint density at radius 3 is 2.76 bits per heavy atom. The first-order chi connectivity index (χ1) is 20.4. The third-order valence-corrected chi connectivity index (χ3v) is 8.46. The quantitative estimate of drug-likeness (QED) is 0.291. The van der Waals surface area contributed by atoms with Gasteiger partial charge in [-0.05, 0) is 50.1 Å². The second-order valence-corrected chi connectivity index (χ2v) is 11.1. The van der Waals surface area contributed by atoms with Crippen LogP contribution >= 0.6 is 11.3 Å². The van der Waals surface area contributed by atoms with E-state index in [1.54, 1.807) is 54.4 Å². The number of carbonyl (C=O) groups excluding carboxylic acids is 3. The average Bonchev–Trinajstić information content (AvgIpc) is 3.36. The maximum atomic E-state index is 15.5. The zero-order valence-electron chi connectivity index (χ0n) is 23.0. The van der Waals surface area contributed by atoms with Crippen molar-refractivity contribution in [2.24, 2.45) is 0 Å². The predicted octanol–water partition coefficient (Wildman–Crippen LogP) is 5.59. The van der Waals surface area contributed by atoms with E-state index in [2.05, 4.69) is 15.6 Å². The lowest BCUT2D eigenvalue weighted by Crippen LogP contribution is -2.50. The van der Waals surface area contributed by atoms with Gasteiger partial charge in [0.2, 0.25) is 5.91 Å². The summed E-state index contributed by atoms with van der Waals surface area (Å²) in [4.78, 5) is 47.7. The van der Waals surface area contributed by atoms with Crippen molar-refractivity contribution in [1.29, 1.82) is 0 Å². The molecule has 0 spiro atoms. The molecule has 0 bridgehead atoms. The molecule has 1 saturated heterocycles. The molecule has 42 heavy (non-hydrogen) atoms. The number of carbonyl (C=O) groups is 3. The van der Waals surface area contributed by atoms with Crippen molar-refractivity contribution in [1.82, 2.24) is 15.2 Å². The van der Waals surface area contributed by atoms with Gasteiger partial charge in [0.15, 0.2) is 11.6 Å². The molecule has 10 nitrogen and oxygen atoms in total. The van der Waals surface area contributed by atoms with Gasteiger partial charge < -0.3 is 25.0 Å². The zero-order chi connectivity index (χ0) is 29.4. The molecule has 2 aliphatic rings. The number of aromatic nitrogens is 1. The molecule has 216 valence electrons. The summed E-state index contributed by atoms with van der Waals surface area (Å²) < 4.78 is 26.2. The lowest BCUT2D eigenvalue weighted by molar-refractivity contribution is -0.136. The van der Waals surface area contributed by atoms with E-state index in [1.807, 2.05) is 6.07 Å². The van der Waals surface area contributed by atoms with Gasteiger partial charge in [-0.1, -0.05) is 18.2 Å². The molecule has 0 saturated carbocycles. The molecule has 1 atom stereocenters. The Balaban J connectivity index is 1.29. The minimum absolute atomic E-state index is 0.00966. The number of likely N-dealkylation sites (tertiary alicyclic amines) is 1. The van der Waals surface area contributed by atoms with Gasteiger partial charge in [0.25, 0.3) is 5.91 Å². The minimum Gasteiger partial charge on any atom is -0.454 e. The van der Waals surface area contributed by atoms with Crippen LogP contribution in [-0.4, -0.2) is 60.6 Å². The van der Waals surface area contributed by atoms with E-state index >= 15 is 4.39 Å². The Labute approximate surface area is 245 Å². The molecule has 2 aromatic heterocycles. The Kier molecular flexibility index (Phi) is 7.48. The first kappa shape index (κ1) is 27.6. The molecule has 4 aromatic rings. The van der Waals surface area contributed by atoms with Crippen LogP contribution in [0, 0.1) is 12.7 Å². The first-order valence-electron chi connectivity index (χ1n) is 13.5. The van der Waals surface area contributed by atoms with E-state index in [-0.39, 0.29) is 35.8 Å². The molecule has 0 radical (unpaired) electrons. The number of ether oxygens (including phenoxy) is 2. The standard InChI is InChI=1S/C30H28FN5O5S/c1-17-20(10-11-22(25(17)31)41-19-8-4-3-5-9-19)36-21-12-13-32-29-24(21)26(34-30(36)39)27(42-29)28(38)33-18-7-6-14-35(15-18)23(37)16-40-2/h3-5,8-13,18H,6-7,14-16H2,1-2H3,(H,33,38)(H,34,39)/t18-/m1/s1. The second kappa shape index (κ2) is 11.4. The number of benzene rings is 2. The topological polar surface area (TPSA) is 113 Å². The number of piperidine rings is 1. The van der Waals surface area contributed by atoms with Gasteiger partial charge in [0, 0.05) is 38.0 Å². The number of thiophene rings is 1. The fourth-order valence-electron chi connectivity index (χ4n) is 5.36. The van der Waals surface area contributed by atoms with Crippen molar-refractivity contribution in [2.45, 2.75) is 25.8 Å². The largest absolute Gasteiger partial charge is 0.454 e. The van der Waals surface area contributed by atoms with Crippen LogP contribution in [0.1, 0.15) is 28.1 Å². The summed E-state index contributed by atoms with van der Waals surface area (Å²) in [5.74, 6) is -0.535. The van der Waals surface area contributed by atoms with E-state index in [1.165, 1.54) is 29.4 Å². The molecule has 0 aliphatic carbocycles. The Bertz CT molecular complexity index is 1690. The molecule has 12 heteroatoms. The van der Waals surface area contributed by atoms with Crippen molar-refractivity contribution in [3.63, 3.8) is 0 Å².